The average Bonchev–Trinajstić information content (AvgIpc) is 3.32. The van der Waals surface area contributed by atoms with E-state index in [0.717, 1.165) is 24.0 Å². The van der Waals surface area contributed by atoms with Crippen LogP contribution in [0.4, 0.5) is 8.78 Å². The summed E-state index contributed by atoms with van der Waals surface area (Å²) in [6.45, 7) is 0. The molecule has 0 spiro atoms. The molecule has 1 nitrogen and oxygen atoms in total. The minimum Gasteiger partial charge on any atom is -0.388 e. The van der Waals surface area contributed by atoms with Gasteiger partial charge in [0.2, 0.25) is 0 Å². The highest BCUT2D eigenvalue weighted by Crippen LogP contribution is 2.43. The molecule has 2 aromatic rings. The number of halogens is 3. The Morgan fingerprint density at radius 3 is 2.57 bits per heavy atom. The van der Waals surface area contributed by atoms with Crippen molar-refractivity contribution in [1.29, 1.82) is 0 Å². The molecule has 0 saturated heterocycles. The first-order valence-corrected chi connectivity index (χ1v) is 7.76. The van der Waals surface area contributed by atoms with E-state index in [0.29, 0.717) is 5.92 Å². The molecule has 0 aliphatic heterocycles. The maximum absolute atomic E-state index is 14.0. The van der Waals surface area contributed by atoms with Crippen molar-refractivity contribution in [3.8, 4) is 0 Å². The fourth-order valence-electron chi connectivity index (χ4n) is 2.64. The topological polar surface area (TPSA) is 20.2 Å². The third-order valence-electron chi connectivity index (χ3n) is 3.91. The molecule has 110 valence electrons. The van der Waals surface area contributed by atoms with E-state index in [2.05, 4.69) is 15.9 Å². The number of hydrogen-bond acceptors (Lipinski definition) is 1. The number of rotatable bonds is 4. The van der Waals surface area contributed by atoms with Crippen LogP contribution in [0.2, 0.25) is 0 Å². The van der Waals surface area contributed by atoms with Gasteiger partial charge in [-0.15, -0.1) is 0 Å². The highest BCUT2D eigenvalue weighted by atomic mass is 79.9. The summed E-state index contributed by atoms with van der Waals surface area (Å²) in [6.07, 6.45) is 1.26. The van der Waals surface area contributed by atoms with Crippen LogP contribution in [0.5, 0.6) is 0 Å². The van der Waals surface area contributed by atoms with Crippen molar-refractivity contribution in [1.82, 2.24) is 0 Å². The Labute approximate surface area is 130 Å². The van der Waals surface area contributed by atoms with E-state index in [9.17, 15) is 13.9 Å². The zero-order valence-electron chi connectivity index (χ0n) is 11.3. The molecule has 0 amide bonds. The van der Waals surface area contributed by atoms with Crippen LogP contribution in [0.1, 0.15) is 41.6 Å². The smallest absolute Gasteiger partial charge is 0.143 e. The quantitative estimate of drug-likeness (QED) is 0.777. The number of aliphatic hydroxyl groups excluding tert-OH is 1. The van der Waals surface area contributed by atoms with Crippen LogP contribution in [0.15, 0.2) is 40.9 Å². The average molecular weight is 353 g/mol. The molecule has 0 radical (unpaired) electrons. The van der Waals surface area contributed by atoms with Crippen LogP contribution >= 0.6 is 15.9 Å². The third-order valence-corrected chi connectivity index (χ3v) is 4.52. The summed E-state index contributed by atoms with van der Waals surface area (Å²) < 4.78 is 28.0. The Morgan fingerprint density at radius 1 is 1.14 bits per heavy atom. The molecule has 2 aromatic carbocycles. The molecule has 1 atom stereocenters. The zero-order chi connectivity index (χ0) is 15.0. The summed E-state index contributed by atoms with van der Waals surface area (Å²) in [4.78, 5) is 0. The molecule has 0 heterocycles. The lowest BCUT2D eigenvalue weighted by molar-refractivity contribution is 0.174. The largest absolute Gasteiger partial charge is 0.388 e. The van der Waals surface area contributed by atoms with E-state index in [1.54, 1.807) is 0 Å². The molecule has 21 heavy (non-hydrogen) atoms. The molecular weight excluding hydrogens is 338 g/mol. The van der Waals surface area contributed by atoms with Crippen molar-refractivity contribution in [3.05, 3.63) is 69.2 Å². The van der Waals surface area contributed by atoms with Crippen LogP contribution < -0.4 is 0 Å². The molecule has 1 unspecified atom stereocenters. The SMILES string of the molecule is OC(Cc1c(F)ccc(Br)c1F)c1ccccc1C1CC1. The van der Waals surface area contributed by atoms with Crippen LogP contribution in [0.25, 0.3) is 0 Å². The minimum absolute atomic E-state index is 0.0686. The van der Waals surface area contributed by atoms with Gasteiger partial charge in [0.15, 0.2) is 0 Å². The lowest BCUT2D eigenvalue weighted by atomic mass is 9.94. The van der Waals surface area contributed by atoms with Crippen molar-refractivity contribution in [3.63, 3.8) is 0 Å². The summed E-state index contributed by atoms with van der Waals surface area (Å²) in [5.74, 6) is -0.787. The van der Waals surface area contributed by atoms with Gasteiger partial charge >= 0.3 is 0 Å². The molecule has 1 N–H and O–H groups in total. The first-order chi connectivity index (χ1) is 10.1. The molecular formula is C17H15BrF2O. The van der Waals surface area contributed by atoms with E-state index in [4.69, 9.17) is 0 Å². The van der Waals surface area contributed by atoms with E-state index < -0.39 is 17.7 Å². The molecule has 0 bridgehead atoms. The van der Waals surface area contributed by atoms with Gasteiger partial charge in [0.05, 0.1) is 10.6 Å². The van der Waals surface area contributed by atoms with Crippen molar-refractivity contribution in [2.75, 3.05) is 0 Å². The fourth-order valence-corrected chi connectivity index (χ4v) is 3.01. The van der Waals surface area contributed by atoms with Crippen LogP contribution in [0.3, 0.4) is 0 Å². The molecule has 1 fully saturated rings. The second-order valence-electron chi connectivity index (χ2n) is 5.44. The second-order valence-corrected chi connectivity index (χ2v) is 6.30. The minimum atomic E-state index is -0.903. The van der Waals surface area contributed by atoms with Crippen molar-refractivity contribution < 1.29 is 13.9 Å². The van der Waals surface area contributed by atoms with Gasteiger partial charge in [-0.2, -0.15) is 0 Å². The van der Waals surface area contributed by atoms with Gasteiger partial charge in [-0.05, 0) is 57.9 Å². The first kappa shape index (κ1) is 14.7. The van der Waals surface area contributed by atoms with Gasteiger partial charge < -0.3 is 5.11 Å². The predicted octanol–water partition coefficient (Wildman–Crippen LogP) is 4.88. The normalized spacial score (nSPS) is 16.0. The number of hydrogen-bond donors (Lipinski definition) is 1. The van der Waals surface area contributed by atoms with Crippen LogP contribution in [0, 0.1) is 11.6 Å². The lowest BCUT2D eigenvalue weighted by Crippen LogP contribution is -2.08. The summed E-state index contributed by atoms with van der Waals surface area (Å²) >= 11 is 3.05. The van der Waals surface area contributed by atoms with Crippen LogP contribution in [-0.4, -0.2) is 5.11 Å². The summed E-state index contributed by atoms with van der Waals surface area (Å²) in [5.41, 5.74) is 1.79. The Balaban J connectivity index is 1.91. The Bertz CT molecular complexity index is 668. The molecule has 0 aromatic heterocycles. The molecule has 1 aliphatic rings. The number of aliphatic hydroxyl groups is 1. The Morgan fingerprint density at radius 2 is 1.86 bits per heavy atom. The molecule has 3 rings (SSSR count). The molecule has 1 saturated carbocycles. The third kappa shape index (κ3) is 3.01. The summed E-state index contributed by atoms with van der Waals surface area (Å²) in [5, 5.41) is 10.4. The standard InChI is InChI=1S/C17H15BrF2O/c18-14-7-8-15(19)13(17(14)20)9-16(21)12-4-2-1-3-11(12)10-5-6-10/h1-4,7-8,10,16,21H,5-6,9H2. The van der Waals surface area contributed by atoms with Gasteiger partial charge in [0.25, 0.3) is 0 Å². The van der Waals surface area contributed by atoms with Gasteiger partial charge in [-0.3, -0.25) is 0 Å². The zero-order valence-corrected chi connectivity index (χ0v) is 12.9. The van der Waals surface area contributed by atoms with E-state index >= 15 is 0 Å². The van der Waals surface area contributed by atoms with Crippen LogP contribution in [-0.2, 0) is 6.42 Å². The second kappa shape index (κ2) is 5.85. The summed E-state index contributed by atoms with van der Waals surface area (Å²) in [6, 6.07) is 10.2. The van der Waals surface area contributed by atoms with Gasteiger partial charge in [0, 0.05) is 12.0 Å². The van der Waals surface area contributed by atoms with Gasteiger partial charge in [-0.1, -0.05) is 24.3 Å². The van der Waals surface area contributed by atoms with E-state index in [1.807, 2.05) is 24.3 Å². The van der Waals surface area contributed by atoms with E-state index in [1.165, 1.54) is 12.1 Å². The highest BCUT2D eigenvalue weighted by molar-refractivity contribution is 9.10. The maximum Gasteiger partial charge on any atom is 0.143 e. The van der Waals surface area contributed by atoms with Crippen molar-refractivity contribution in [2.45, 2.75) is 31.3 Å². The van der Waals surface area contributed by atoms with Gasteiger partial charge in [0.1, 0.15) is 11.6 Å². The van der Waals surface area contributed by atoms with Gasteiger partial charge in [-0.25, -0.2) is 8.78 Å². The monoisotopic (exact) mass is 352 g/mol. The summed E-state index contributed by atoms with van der Waals surface area (Å²) in [7, 11) is 0. The predicted molar refractivity (Wildman–Crippen MR) is 81.1 cm³/mol. The number of benzene rings is 2. The Hall–Kier alpha value is -1.26. The van der Waals surface area contributed by atoms with Crippen molar-refractivity contribution in [2.24, 2.45) is 0 Å². The fraction of sp³-hybridized carbons (Fsp3) is 0.294. The maximum atomic E-state index is 14.0. The Kier molecular flexibility index (Phi) is 4.09. The van der Waals surface area contributed by atoms with E-state index in [-0.39, 0.29) is 16.5 Å². The highest BCUT2D eigenvalue weighted by Gasteiger charge is 2.28. The molecule has 4 heteroatoms. The first-order valence-electron chi connectivity index (χ1n) is 6.97. The lowest BCUT2D eigenvalue weighted by Gasteiger charge is -2.16. The molecule has 1 aliphatic carbocycles. The van der Waals surface area contributed by atoms with Crippen molar-refractivity contribution >= 4 is 15.9 Å².